The van der Waals surface area contributed by atoms with Gasteiger partial charge in [-0.3, -0.25) is 4.79 Å². The van der Waals surface area contributed by atoms with E-state index in [0.717, 1.165) is 11.3 Å². The zero-order valence-corrected chi connectivity index (χ0v) is 16.5. The topological polar surface area (TPSA) is 51.0 Å². The van der Waals surface area contributed by atoms with Crippen LogP contribution in [0.5, 0.6) is 0 Å². The molecule has 5 nitrogen and oxygen atoms in total. The fraction of sp³-hybridized carbons (Fsp3) is 0.476. The van der Waals surface area contributed by atoms with E-state index in [9.17, 15) is 4.79 Å². The van der Waals surface area contributed by atoms with E-state index in [1.54, 1.807) is 11.0 Å². The summed E-state index contributed by atoms with van der Waals surface area (Å²) in [5, 5.41) is 4.14. The van der Waals surface area contributed by atoms with Gasteiger partial charge >= 0.3 is 0 Å². The lowest BCUT2D eigenvalue weighted by molar-refractivity contribution is -0.134. The molecule has 1 aliphatic rings. The van der Waals surface area contributed by atoms with Gasteiger partial charge in [0.1, 0.15) is 12.7 Å². The van der Waals surface area contributed by atoms with Gasteiger partial charge in [-0.05, 0) is 49.8 Å². The monoisotopic (exact) mass is 352 g/mol. The van der Waals surface area contributed by atoms with E-state index in [0.29, 0.717) is 5.92 Å². The number of rotatable bonds is 5. The Bertz CT molecular complexity index is 801. The Morgan fingerprint density at radius 1 is 1.27 bits per heavy atom. The van der Waals surface area contributed by atoms with Crippen LogP contribution in [0.15, 0.2) is 48.6 Å². The van der Waals surface area contributed by atoms with Crippen molar-refractivity contribution in [3.8, 4) is 5.69 Å². The van der Waals surface area contributed by atoms with Gasteiger partial charge in [-0.15, -0.1) is 0 Å². The number of aromatic nitrogens is 3. The average Bonchev–Trinajstić information content (AvgIpc) is 2.98. The summed E-state index contributed by atoms with van der Waals surface area (Å²) in [6.45, 7) is 10.6. The SMILES string of the molecule is CC(C)=C[C@@H]1[C@@H](C(=O)N(C)[C@H](C)c2ccc(-n3cncn3)cc2)C1(C)C. The molecule has 0 saturated heterocycles. The minimum absolute atomic E-state index is 0.0241. The number of amides is 1. The molecule has 0 radical (unpaired) electrons. The highest BCUT2D eigenvalue weighted by Gasteiger charge is 2.61. The average molecular weight is 352 g/mol. The summed E-state index contributed by atoms with van der Waals surface area (Å²) < 4.78 is 1.72. The van der Waals surface area contributed by atoms with E-state index in [4.69, 9.17) is 0 Å². The van der Waals surface area contributed by atoms with Gasteiger partial charge in [0.25, 0.3) is 0 Å². The molecule has 0 N–H and O–H groups in total. The van der Waals surface area contributed by atoms with Gasteiger partial charge in [-0.2, -0.15) is 5.10 Å². The van der Waals surface area contributed by atoms with Crippen LogP contribution in [0.2, 0.25) is 0 Å². The van der Waals surface area contributed by atoms with Crippen LogP contribution in [-0.4, -0.2) is 32.6 Å². The first-order valence-electron chi connectivity index (χ1n) is 9.10. The molecule has 138 valence electrons. The second-order valence-electron chi connectivity index (χ2n) is 8.13. The van der Waals surface area contributed by atoms with Crippen LogP contribution in [0.25, 0.3) is 5.69 Å². The Morgan fingerprint density at radius 2 is 1.92 bits per heavy atom. The number of allylic oxidation sites excluding steroid dienone is 2. The number of hydrogen-bond acceptors (Lipinski definition) is 3. The van der Waals surface area contributed by atoms with Crippen molar-refractivity contribution in [2.75, 3.05) is 7.05 Å². The van der Waals surface area contributed by atoms with Gasteiger partial charge < -0.3 is 4.90 Å². The second-order valence-corrected chi connectivity index (χ2v) is 8.13. The van der Waals surface area contributed by atoms with E-state index in [1.807, 2.05) is 24.1 Å². The molecule has 0 spiro atoms. The molecule has 2 aromatic rings. The van der Waals surface area contributed by atoms with E-state index in [2.05, 4.69) is 62.9 Å². The third-order valence-corrected chi connectivity index (χ3v) is 5.68. The van der Waals surface area contributed by atoms with Crippen LogP contribution >= 0.6 is 0 Å². The lowest BCUT2D eigenvalue weighted by Crippen LogP contribution is -2.32. The molecule has 0 bridgehead atoms. The molecule has 1 aromatic carbocycles. The van der Waals surface area contributed by atoms with Crippen LogP contribution in [0.4, 0.5) is 0 Å². The smallest absolute Gasteiger partial charge is 0.227 e. The second kappa shape index (κ2) is 6.71. The zero-order chi connectivity index (χ0) is 19.1. The van der Waals surface area contributed by atoms with E-state index >= 15 is 0 Å². The van der Waals surface area contributed by atoms with Gasteiger partial charge in [-0.1, -0.05) is 37.6 Å². The highest BCUT2D eigenvalue weighted by atomic mass is 16.2. The molecular formula is C21H28N4O. The molecule has 1 saturated carbocycles. The lowest BCUT2D eigenvalue weighted by atomic mass is 10.0. The van der Waals surface area contributed by atoms with Crippen molar-refractivity contribution in [2.24, 2.45) is 17.3 Å². The van der Waals surface area contributed by atoms with Crippen molar-refractivity contribution in [3.63, 3.8) is 0 Å². The van der Waals surface area contributed by atoms with Crippen molar-refractivity contribution in [2.45, 2.75) is 40.7 Å². The molecule has 1 aliphatic carbocycles. The molecular weight excluding hydrogens is 324 g/mol. The molecule has 1 heterocycles. The predicted octanol–water partition coefficient (Wildman–Crippen LogP) is 4.03. The maximum atomic E-state index is 13.1. The number of benzene rings is 1. The summed E-state index contributed by atoms with van der Waals surface area (Å²) in [6.07, 6.45) is 5.43. The Morgan fingerprint density at radius 3 is 2.46 bits per heavy atom. The van der Waals surface area contributed by atoms with Crippen LogP contribution in [0.3, 0.4) is 0 Å². The summed E-state index contributed by atoms with van der Waals surface area (Å²) in [4.78, 5) is 18.9. The molecule has 5 heteroatoms. The van der Waals surface area contributed by atoms with Crippen molar-refractivity contribution >= 4 is 5.91 Å². The normalized spacial score (nSPS) is 21.8. The molecule has 1 amide bonds. The van der Waals surface area contributed by atoms with E-state index in [-0.39, 0.29) is 23.3 Å². The molecule has 0 unspecified atom stereocenters. The quantitative estimate of drug-likeness (QED) is 0.764. The lowest BCUT2D eigenvalue weighted by Gasteiger charge is -2.26. The van der Waals surface area contributed by atoms with E-state index < -0.39 is 0 Å². The van der Waals surface area contributed by atoms with Gasteiger partial charge in [-0.25, -0.2) is 9.67 Å². The van der Waals surface area contributed by atoms with Gasteiger partial charge in [0, 0.05) is 7.05 Å². The standard InChI is InChI=1S/C21H28N4O/c1-14(2)11-18-19(21(18,4)5)20(26)24(6)15(3)16-7-9-17(10-8-16)25-13-22-12-23-25/h7-13,15,18-19H,1-6H3/t15-,18-,19+/m1/s1. The largest absolute Gasteiger partial charge is 0.339 e. The van der Waals surface area contributed by atoms with Crippen molar-refractivity contribution < 1.29 is 4.79 Å². The fourth-order valence-corrected chi connectivity index (χ4v) is 3.70. The molecule has 1 fully saturated rings. The van der Waals surface area contributed by atoms with Crippen LogP contribution < -0.4 is 0 Å². The van der Waals surface area contributed by atoms with Crippen LogP contribution in [0.1, 0.15) is 46.2 Å². The summed E-state index contributed by atoms with van der Waals surface area (Å²) in [5.74, 6) is 0.633. The first kappa shape index (κ1) is 18.4. The number of carbonyl (C=O) groups excluding carboxylic acids is 1. The van der Waals surface area contributed by atoms with E-state index in [1.165, 1.54) is 11.9 Å². The molecule has 1 aromatic heterocycles. The van der Waals surface area contributed by atoms with Crippen LogP contribution in [-0.2, 0) is 4.79 Å². The summed E-state index contributed by atoms with van der Waals surface area (Å²) in [7, 11) is 1.91. The van der Waals surface area contributed by atoms with Gasteiger partial charge in [0.05, 0.1) is 17.6 Å². The number of nitrogens with zero attached hydrogens (tertiary/aromatic N) is 4. The number of hydrogen-bond donors (Lipinski definition) is 0. The van der Waals surface area contributed by atoms with Crippen molar-refractivity contribution in [3.05, 3.63) is 54.1 Å². The first-order chi connectivity index (χ1) is 12.2. The summed E-state index contributed by atoms with van der Waals surface area (Å²) in [5.41, 5.74) is 3.39. The molecule has 3 atom stereocenters. The fourth-order valence-electron chi connectivity index (χ4n) is 3.70. The maximum Gasteiger partial charge on any atom is 0.227 e. The zero-order valence-electron chi connectivity index (χ0n) is 16.5. The van der Waals surface area contributed by atoms with Crippen molar-refractivity contribution in [1.82, 2.24) is 19.7 Å². The first-order valence-corrected chi connectivity index (χ1v) is 9.10. The summed E-state index contributed by atoms with van der Waals surface area (Å²) in [6, 6.07) is 8.14. The molecule has 3 rings (SSSR count). The molecule has 26 heavy (non-hydrogen) atoms. The van der Waals surface area contributed by atoms with Crippen LogP contribution in [0, 0.1) is 17.3 Å². The minimum atomic E-state index is 0.0241. The predicted molar refractivity (Wildman–Crippen MR) is 103 cm³/mol. The highest BCUT2D eigenvalue weighted by Crippen LogP contribution is 2.60. The van der Waals surface area contributed by atoms with Crippen molar-refractivity contribution in [1.29, 1.82) is 0 Å². The number of carbonyl (C=O) groups is 1. The molecule has 0 aliphatic heterocycles. The Labute approximate surface area is 155 Å². The Balaban J connectivity index is 1.72. The summed E-state index contributed by atoms with van der Waals surface area (Å²) >= 11 is 0. The van der Waals surface area contributed by atoms with Gasteiger partial charge in [0.15, 0.2) is 0 Å². The third kappa shape index (κ3) is 3.30. The Hall–Kier alpha value is -2.43. The third-order valence-electron chi connectivity index (χ3n) is 5.68. The minimum Gasteiger partial charge on any atom is -0.339 e. The maximum absolute atomic E-state index is 13.1. The Kier molecular flexibility index (Phi) is 4.74. The highest BCUT2D eigenvalue weighted by molar-refractivity contribution is 5.84. The van der Waals surface area contributed by atoms with Gasteiger partial charge in [0.2, 0.25) is 5.91 Å².